The number of aromatic nitrogens is 1. The summed E-state index contributed by atoms with van der Waals surface area (Å²) in [6, 6.07) is 7.21. The van der Waals surface area contributed by atoms with Crippen molar-refractivity contribution in [3.05, 3.63) is 30.0 Å². The zero-order chi connectivity index (χ0) is 17.5. The highest BCUT2D eigenvalue weighted by molar-refractivity contribution is 5.78. The molecule has 0 saturated carbocycles. The van der Waals surface area contributed by atoms with Gasteiger partial charge in [-0.15, -0.1) is 0 Å². The van der Waals surface area contributed by atoms with Gasteiger partial charge in [0, 0.05) is 24.7 Å². The van der Waals surface area contributed by atoms with Crippen LogP contribution in [-0.4, -0.2) is 57.4 Å². The monoisotopic (exact) mass is 333 g/mol. The van der Waals surface area contributed by atoms with Crippen molar-refractivity contribution >= 4 is 5.91 Å². The molecule has 0 aliphatic rings. The fourth-order valence-corrected chi connectivity index (χ4v) is 2.17. The average Bonchev–Trinajstić information content (AvgIpc) is 3.02. The lowest BCUT2D eigenvalue weighted by molar-refractivity contribution is -0.120. The van der Waals surface area contributed by atoms with Crippen molar-refractivity contribution in [3.63, 3.8) is 0 Å². The number of carbonyl (C=O) groups excluding carboxylic acids is 1. The third-order valence-electron chi connectivity index (χ3n) is 3.45. The van der Waals surface area contributed by atoms with Gasteiger partial charge in [0.05, 0.1) is 26.3 Å². The Balaban J connectivity index is 2.01. The van der Waals surface area contributed by atoms with E-state index in [-0.39, 0.29) is 12.3 Å². The van der Waals surface area contributed by atoms with Gasteiger partial charge in [0.15, 0.2) is 17.3 Å². The van der Waals surface area contributed by atoms with Crippen LogP contribution in [0.2, 0.25) is 0 Å². The van der Waals surface area contributed by atoms with Crippen LogP contribution in [0.15, 0.2) is 28.8 Å². The Morgan fingerprint density at radius 3 is 2.62 bits per heavy atom. The summed E-state index contributed by atoms with van der Waals surface area (Å²) < 4.78 is 15.8. The lowest BCUT2D eigenvalue weighted by atomic mass is 10.1. The van der Waals surface area contributed by atoms with Crippen molar-refractivity contribution in [2.45, 2.75) is 6.42 Å². The molecule has 7 nitrogen and oxygen atoms in total. The molecule has 0 aliphatic heterocycles. The first-order valence-corrected chi connectivity index (χ1v) is 7.63. The van der Waals surface area contributed by atoms with Gasteiger partial charge in [-0.25, -0.2) is 0 Å². The van der Waals surface area contributed by atoms with E-state index in [4.69, 9.17) is 14.0 Å². The molecule has 1 aromatic carbocycles. The molecule has 24 heavy (non-hydrogen) atoms. The number of ether oxygens (including phenoxy) is 2. The van der Waals surface area contributed by atoms with Crippen molar-refractivity contribution in [1.82, 2.24) is 15.4 Å². The van der Waals surface area contributed by atoms with E-state index in [0.717, 1.165) is 12.1 Å². The van der Waals surface area contributed by atoms with E-state index >= 15 is 0 Å². The fraction of sp³-hybridized carbons (Fsp3) is 0.412. The Bertz CT molecular complexity index is 682. The number of nitrogens with one attached hydrogen (secondary N) is 1. The normalized spacial score (nSPS) is 10.7. The van der Waals surface area contributed by atoms with Crippen LogP contribution in [0.25, 0.3) is 11.3 Å². The van der Waals surface area contributed by atoms with E-state index in [1.54, 1.807) is 32.4 Å². The Kier molecular flexibility index (Phi) is 6.20. The molecule has 1 amide bonds. The van der Waals surface area contributed by atoms with Crippen molar-refractivity contribution < 1.29 is 18.8 Å². The number of hydrogen-bond acceptors (Lipinski definition) is 6. The van der Waals surface area contributed by atoms with Gasteiger partial charge in [-0.3, -0.25) is 4.79 Å². The maximum atomic E-state index is 11.9. The molecule has 1 aromatic heterocycles. The molecule has 0 unspecified atom stereocenters. The second-order valence-electron chi connectivity index (χ2n) is 5.58. The second kappa shape index (κ2) is 8.35. The van der Waals surface area contributed by atoms with Gasteiger partial charge in [-0.2, -0.15) is 0 Å². The van der Waals surface area contributed by atoms with Gasteiger partial charge < -0.3 is 24.2 Å². The van der Waals surface area contributed by atoms with E-state index in [1.165, 1.54) is 0 Å². The number of amides is 1. The molecule has 0 fully saturated rings. The lowest BCUT2D eigenvalue weighted by Gasteiger charge is -2.09. The number of hydrogen-bond donors (Lipinski definition) is 1. The fourth-order valence-electron chi connectivity index (χ4n) is 2.17. The van der Waals surface area contributed by atoms with Crippen LogP contribution in [0.5, 0.6) is 11.5 Å². The molecule has 2 rings (SSSR count). The molecule has 0 atom stereocenters. The van der Waals surface area contributed by atoms with E-state index in [0.29, 0.717) is 29.5 Å². The molecule has 130 valence electrons. The summed E-state index contributed by atoms with van der Waals surface area (Å²) in [5.41, 5.74) is 1.39. The molecule has 1 heterocycles. The lowest BCUT2D eigenvalue weighted by Crippen LogP contribution is -2.32. The number of nitrogens with zero attached hydrogens (tertiary/aromatic N) is 2. The number of likely N-dealkylation sites (N-methyl/N-ethyl adjacent to an activating group) is 1. The van der Waals surface area contributed by atoms with Crippen LogP contribution >= 0.6 is 0 Å². The van der Waals surface area contributed by atoms with Gasteiger partial charge >= 0.3 is 0 Å². The first-order chi connectivity index (χ1) is 11.5. The highest BCUT2D eigenvalue weighted by Gasteiger charge is 2.13. The highest BCUT2D eigenvalue weighted by Crippen LogP contribution is 2.32. The number of benzene rings is 1. The maximum Gasteiger partial charge on any atom is 0.226 e. The molecule has 0 spiro atoms. The smallest absolute Gasteiger partial charge is 0.226 e. The molecule has 2 aromatic rings. The topological polar surface area (TPSA) is 76.8 Å². The van der Waals surface area contributed by atoms with Gasteiger partial charge in [0.2, 0.25) is 5.91 Å². The van der Waals surface area contributed by atoms with Crippen LogP contribution in [0.3, 0.4) is 0 Å². The zero-order valence-corrected chi connectivity index (χ0v) is 14.5. The van der Waals surface area contributed by atoms with E-state index in [9.17, 15) is 4.79 Å². The molecule has 0 aliphatic carbocycles. The first kappa shape index (κ1) is 17.8. The van der Waals surface area contributed by atoms with E-state index in [2.05, 4.69) is 10.5 Å². The van der Waals surface area contributed by atoms with Crippen molar-refractivity contribution in [3.8, 4) is 22.8 Å². The minimum atomic E-state index is -0.0796. The summed E-state index contributed by atoms with van der Waals surface area (Å²) in [7, 11) is 7.07. The van der Waals surface area contributed by atoms with Crippen LogP contribution in [0.1, 0.15) is 5.69 Å². The van der Waals surface area contributed by atoms with Crippen LogP contribution < -0.4 is 14.8 Å². The average molecular weight is 333 g/mol. The zero-order valence-electron chi connectivity index (χ0n) is 14.5. The van der Waals surface area contributed by atoms with Crippen molar-refractivity contribution in [2.24, 2.45) is 0 Å². The van der Waals surface area contributed by atoms with Gasteiger partial charge in [0.1, 0.15) is 0 Å². The van der Waals surface area contributed by atoms with Gasteiger partial charge in [0.25, 0.3) is 0 Å². The third-order valence-corrected chi connectivity index (χ3v) is 3.45. The predicted octanol–water partition coefficient (Wildman–Crippen LogP) is 1.58. The van der Waals surface area contributed by atoms with Gasteiger partial charge in [-0.1, -0.05) is 5.16 Å². The third kappa shape index (κ3) is 4.73. The minimum absolute atomic E-state index is 0.0796. The molecule has 1 N–H and O–H groups in total. The summed E-state index contributed by atoms with van der Waals surface area (Å²) in [5.74, 6) is 1.74. The molecular weight excluding hydrogens is 310 g/mol. The van der Waals surface area contributed by atoms with Crippen LogP contribution in [0, 0.1) is 0 Å². The summed E-state index contributed by atoms with van der Waals surface area (Å²) in [5, 5.41) is 6.80. The highest BCUT2D eigenvalue weighted by atomic mass is 16.5. The van der Waals surface area contributed by atoms with Crippen LogP contribution in [0.4, 0.5) is 0 Å². The van der Waals surface area contributed by atoms with E-state index in [1.807, 2.05) is 25.1 Å². The Morgan fingerprint density at radius 1 is 1.21 bits per heavy atom. The molecule has 7 heteroatoms. The first-order valence-electron chi connectivity index (χ1n) is 7.63. The summed E-state index contributed by atoms with van der Waals surface area (Å²) >= 11 is 0. The van der Waals surface area contributed by atoms with Crippen LogP contribution in [-0.2, 0) is 11.2 Å². The SMILES string of the molecule is COc1ccc(-c2cc(CC(=O)NCCN(C)C)no2)cc1OC. The largest absolute Gasteiger partial charge is 0.493 e. The summed E-state index contributed by atoms with van der Waals surface area (Å²) in [4.78, 5) is 13.9. The maximum absolute atomic E-state index is 11.9. The summed E-state index contributed by atoms with van der Waals surface area (Å²) in [6.07, 6.45) is 0.185. The van der Waals surface area contributed by atoms with Crippen molar-refractivity contribution in [1.29, 1.82) is 0 Å². The Labute approximate surface area is 141 Å². The second-order valence-corrected chi connectivity index (χ2v) is 5.58. The molecule has 0 bridgehead atoms. The quantitative estimate of drug-likeness (QED) is 0.790. The van der Waals surface area contributed by atoms with Gasteiger partial charge in [-0.05, 0) is 32.3 Å². The Morgan fingerprint density at radius 2 is 1.96 bits per heavy atom. The number of rotatable bonds is 8. The number of carbonyl (C=O) groups is 1. The summed E-state index contributed by atoms with van der Waals surface area (Å²) in [6.45, 7) is 1.40. The standard InChI is InChI=1S/C17H23N3O4/c1-20(2)8-7-18-17(21)11-13-10-15(24-19-13)12-5-6-14(22-3)16(9-12)23-4/h5-6,9-10H,7-8,11H2,1-4H3,(H,18,21). The van der Waals surface area contributed by atoms with Crippen molar-refractivity contribution in [2.75, 3.05) is 41.4 Å². The minimum Gasteiger partial charge on any atom is -0.493 e. The molecule has 0 radical (unpaired) electrons. The predicted molar refractivity (Wildman–Crippen MR) is 90.3 cm³/mol. The molecule has 0 saturated heterocycles. The van der Waals surface area contributed by atoms with E-state index < -0.39 is 0 Å². The molecular formula is C17H23N3O4. The number of methoxy groups -OCH3 is 2. The Hall–Kier alpha value is -2.54.